The Bertz CT molecular complexity index is 763. The lowest BCUT2D eigenvalue weighted by Gasteiger charge is -2.11. The summed E-state index contributed by atoms with van der Waals surface area (Å²) in [5, 5.41) is 9.43. The summed E-state index contributed by atoms with van der Waals surface area (Å²) in [6, 6.07) is 9.54. The van der Waals surface area contributed by atoms with Crippen molar-refractivity contribution in [3.8, 4) is 11.8 Å². The Hall–Kier alpha value is -3.14. The summed E-state index contributed by atoms with van der Waals surface area (Å²) in [6.07, 6.45) is 1.69. The number of nitrogen functional groups attached to an aromatic ring is 1. The van der Waals surface area contributed by atoms with E-state index in [1.807, 2.05) is 31.2 Å². The molecule has 0 saturated carbocycles. The number of nitrogens with two attached hydrogens (primary N) is 1. The summed E-state index contributed by atoms with van der Waals surface area (Å²) in [4.78, 5) is 14.0. The number of benzene rings is 1. The fourth-order valence-electron chi connectivity index (χ4n) is 1.88. The van der Waals surface area contributed by atoms with Crippen LogP contribution in [0.2, 0.25) is 0 Å². The molecular weight excluding hydrogens is 292 g/mol. The van der Waals surface area contributed by atoms with Crippen molar-refractivity contribution in [3.05, 3.63) is 35.7 Å². The zero-order valence-corrected chi connectivity index (χ0v) is 13.3. The maximum Gasteiger partial charge on any atom is 0.230 e. The third-order valence-corrected chi connectivity index (χ3v) is 2.88. The van der Waals surface area contributed by atoms with Gasteiger partial charge in [-0.05, 0) is 30.7 Å². The van der Waals surface area contributed by atoms with Crippen LogP contribution in [0.5, 0.6) is 5.75 Å². The van der Waals surface area contributed by atoms with Crippen LogP contribution < -0.4 is 15.4 Å². The highest BCUT2D eigenvalue weighted by atomic mass is 16.5. The van der Waals surface area contributed by atoms with Gasteiger partial charge in [0.1, 0.15) is 11.8 Å². The number of anilines is 2. The number of rotatable bonds is 5. The second-order valence-electron chi connectivity index (χ2n) is 4.89. The number of aromatic nitrogens is 3. The van der Waals surface area contributed by atoms with E-state index in [4.69, 9.17) is 10.5 Å². The molecule has 2 N–H and O–H groups in total. The van der Waals surface area contributed by atoms with Crippen LogP contribution in [-0.2, 0) is 0 Å². The molecule has 1 heterocycles. The van der Waals surface area contributed by atoms with E-state index < -0.39 is 0 Å². The summed E-state index contributed by atoms with van der Waals surface area (Å²) in [6.45, 7) is 2.49. The smallest absolute Gasteiger partial charge is 0.230 e. The van der Waals surface area contributed by atoms with Crippen LogP contribution >= 0.6 is 0 Å². The van der Waals surface area contributed by atoms with Gasteiger partial charge >= 0.3 is 0 Å². The van der Waals surface area contributed by atoms with Gasteiger partial charge in [0.15, 0.2) is 5.82 Å². The Morgan fingerprint density at radius 2 is 2.13 bits per heavy atom. The third kappa shape index (κ3) is 4.17. The topological polar surface area (TPSA) is 101 Å². The van der Waals surface area contributed by atoms with E-state index >= 15 is 0 Å². The van der Waals surface area contributed by atoms with Gasteiger partial charge in [0.25, 0.3) is 0 Å². The van der Waals surface area contributed by atoms with Gasteiger partial charge in [-0.15, -0.1) is 0 Å². The molecule has 0 aliphatic rings. The molecule has 1 aromatic carbocycles. The predicted molar refractivity (Wildman–Crippen MR) is 89.7 cm³/mol. The molecule has 0 fully saturated rings. The van der Waals surface area contributed by atoms with Crippen molar-refractivity contribution in [2.75, 3.05) is 31.3 Å². The van der Waals surface area contributed by atoms with Crippen molar-refractivity contribution in [2.45, 2.75) is 6.92 Å². The van der Waals surface area contributed by atoms with Crippen LogP contribution in [0.25, 0.3) is 11.6 Å². The average molecular weight is 310 g/mol. The van der Waals surface area contributed by atoms with Crippen molar-refractivity contribution < 1.29 is 4.74 Å². The maximum atomic E-state index is 9.43. The first-order valence-corrected chi connectivity index (χ1v) is 7.07. The number of nitriles is 1. The minimum atomic E-state index is 0.0721. The fourth-order valence-corrected chi connectivity index (χ4v) is 1.88. The molecule has 7 heteroatoms. The van der Waals surface area contributed by atoms with Gasteiger partial charge in [-0.3, -0.25) is 0 Å². The molecule has 0 atom stereocenters. The molecule has 0 bridgehead atoms. The quantitative estimate of drug-likeness (QED) is 0.842. The largest absolute Gasteiger partial charge is 0.494 e. The molecule has 0 amide bonds. The summed E-state index contributed by atoms with van der Waals surface area (Å²) in [5.41, 5.74) is 6.82. The lowest BCUT2D eigenvalue weighted by atomic mass is 10.1. The lowest BCUT2D eigenvalue weighted by molar-refractivity contribution is 0.340. The molecule has 2 aromatic rings. The first-order chi connectivity index (χ1) is 11.0. The molecular formula is C16H18N6O. The summed E-state index contributed by atoms with van der Waals surface area (Å²) < 4.78 is 5.46. The number of hydrogen-bond donors (Lipinski definition) is 1. The number of hydrogen-bond acceptors (Lipinski definition) is 7. The van der Waals surface area contributed by atoms with Crippen molar-refractivity contribution in [1.82, 2.24) is 15.0 Å². The Morgan fingerprint density at radius 1 is 1.35 bits per heavy atom. The van der Waals surface area contributed by atoms with E-state index in [1.165, 1.54) is 0 Å². The van der Waals surface area contributed by atoms with Gasteiger partial charge in [0, 0.05) is 14.1 Å². The zero-order valence-electron chi connectivity index (χ0n) is 13.3. The van der Waals surface area contributed by atoms with Gasteiger partial charge in [-0.1, -0.05) is 12.1 Å². The van der Waals surface area contributed by atoms with E-state index in [0.29, 0.717) is 18.1 Å². The number of nitrogens with zero attached hydrogens (tertiary/aromatic N) is 5. The molecule has 0 aliphatic heterocycles. The molecule has 118 valence electrons. The molecule has 1 aromatic heterocycles. The van der Waals surface area contributed by atoms with Gasteiger partial charge < -0.3 is 15.4 Å². The van der Waals surface area contributed by atoms with Crippen LogP contribution in [0.15, 0.2) is 24.3 Å². The second-order valence-corrected chi connectivity index (χ2v) is 4.89. The molecule has 0 unspecified atom stereocenters. The van der Waals surface area contributed by atoms with Crippen molar-refractivity contribution >= 4 is 23.5 Å². The number of allylic oxidation sites excluding steroid dienone is 1. The molecule has 0 saturated heterocycles. The predicted octanol–water partition coefficient (Wildman–Crippen LogP) is 1.98. The first-order valence-electron chi connectivity index (χ1n) is 7.07. The second kappa shape index (κ2) is 7.22. The molecule has 0 aliphatic carbocycles. The monoisotopic (exact) mass is 310 g/mol. The van der Waals surface area contributed by atoms with E-state index in [-0.39, 0.29) is 11.8 Å². The fraction of sp³-hybridized carbons (Fsp3) is 0.250. The van der Waals surface area contributed by atoms with Crippen LogP contribution in [-0.4, -0.2) is 35.7 Å². The van der Waals surface area contributed by atoms with E-state index in [1.54, 1.807) is 25.1 Å². The average Bonchev–Trinajstić information content (AvgIpc) is 2.52. The van der Waals surface area contributed by atoms with E-state index in [2.05, 4.69) is 21.0 Å². The molecule has 2 rings (SSSR count). The van der Waals surface area contributed by atoms with E-state index in [0.717, 1.165) is 11.3 Å². The van der Waals surface area contributed by atoms with Gasteiger partial charge in [0.05, 0.1) is 12.2 Å². The normalized spacial score (nSPS) is 11.0. The zero-order chi connectivity index (χ0) is 16.8. The summed E-state index contributed by atoms with van der Waals surface area (Å²) >= 11 is 0. The highest BCUT2D eigenvalue weighted by Crippen LogP contribution is 2.20. The standard InChI is InChI=1S/C16H18N6O/c1-4-23-13-7-5-6-11(9-13)8-12(10-17)14-19-15(18)21-16(20-14)22(2)3/h5-9H,4H2,1-3H3,(H2,18,19,20,21)/b12-8+. The van der Waals surface area contributed by atoms with Crippen molar-refractivity contribution in [1.29, 1.82) is 5.26 Å². The minimum absolute atomic E-state index is 0.0721. The maximum absolute atomic E-state index is 9.43. The van der Waals surface area contributed by atoms with Crippen LogP contribution in [0.3, 0.4) is 0 Å². The van der Waals surface area contributed by atoms with Crippen LogP contribution in [0, 0.1) is 11.3 Å². The van der Waals surface area contributed by atoms with Crippen LogP contribution in [0.4, 0.5) is 11.9 Å². The third-order valence-electron chi connectivity index (χ3n) is 2.88. The summed E-state index contributed by atoms with van der Waals surface area (Å²) in [7, 11) is 3.58. The molecule has 0 spiro atoms. The Kier molecular flexibility index (Phi) is 5.10. The first kappa shape index (κ1) is 16.2. The SMILES string of the molecule is CCOc1cccc(/C=C(\C#N)c2nc(N)nc(N(C)C)n2)c1. The molecule has 7 nitrogen and oxygen atoms in total. The Morgan fingerprint density at radius 3 is 2.78 bits per heavy atom. The highest BCUT2D eigenvalue weighted by Gasteiger charge is 2.11. The molecule has 0 radical (unpaired) electrons. The van der Waals surface area contributed by atoms with Crippen LogP contribution in [0.1, 0.15) is 18.3 Å². The summed E-state index contributed by atoms with van der Waals surface area (Å²) in [5.74, 6) is 1.45. The lowest BCUT2D eigenvalue weighted by Crippen LogP contribution is -2.15. The minimum Gasteiger partial charge on any atom is -0.494 e. The van der Waals surface area contributed by atoms with Crippen molar-refractivity contribution in [3.63, 3.8) is 0 Å². The van der Waals surface area contributed by atoms with Gasteiger partial charge in [-0.25, -0.2) is 0 Å². The van der Waals surface area contributed by atoms with E-state index in [9.17, 15) is 5.26 Å². The van der Waals surface area contributed by atoms with Crippen molar-refractivity contribution in [2.24, 2.45) is 0 Å². The molecule has 23 heavy (non-hydrogen) atoms. The Balaban J connectivity index is 2.44. The Labute approximate surface area is 135 Å². The highest BCUT2D eigenvalue weighted by molar-refractivity contribution is 5.87. The van der Waals surface area contributed by atoms with Gasteiger partial charge in [0.2, 0.25) is 11.9 Å². The van der Waals surface area contributed by atoms with Gasteiger partial charge in [-0.2, -0.15) is 20.2 Å². The number of ether oxygens (including phenoxy) is 1.